The predicted molar refractivity (Wildman–Crippen MR) is 110 cm³/mol. The van der Waals surface area contributed by atoms with Crippen LogP contribution in [0.3, 0.4) is 0 Å². The highest BCUT2D eigenvalue weighted by molar-refractivity contribution is 7.22. The largest absolute Gasteiger partial charge is 0.490 e. The molecule has 0 saturated carbocycles. The van der Waals surface area contributed by atoms with E-state index in [2.05, 4.69) is 4.98 Å². The molecule has 1 fully saturated rings. The molecule has 1 aliphatic rings. The van der Waals surface area contributed by atoms with E-state index in [1.54, 1.807) is 4.90 Å². The molecule has 4 rings (SSSR count). The van der Waals surface area contributed by atoms with Gasteiger partial charge in [0.1, 0.15) is 0 Å². The zero-order valence-corrected chi connectivity index (χ0v) is 16.6. The number of hydrogen-bond donors (Lipinski definition) is 0. The Hall–Kier alpha value is -3.04. The highest BCUT2D eigenvalue weighted by Crippen LogP contribution is 2.32. The molecule has 1 saturated heterocycles. The summed E-state index contributed by atoms with van der Waals surface area (Å²) in [7, 11) is 1.36. The minimum atomic E-state index is -0.558. The number of aromatic nitrogens is 1. The average molecular weight is 413 g/mol. The number of methoxy groups -OCH3 is 1. The first-order chi connectivity index (χ1) is 14.1. The van der Waals surface area contributed by atoms with Crippen LogP contribution in [0.15, 0.2) is 42.5 Å². The number of carbonyl (C=O) groups excluding carboxylic acids is 1. The molecule has 0 aliphatic carbocycles. The van der Waals surface area contributed by atoms with Crippen LogP contribution in [0, 0.1) is 10.1 Å². The van der Waals surface area contributed by atoms with Gasteiger partial charge < -0.3 is 9.47 Å². The Labute approximate surface area is 170 Å². The van der Waals surface area contributed by atoms with Gasteiger partial charge in [0.05, 0.1) is 34.9 Å². The third-order valence-electron chi connectivity index (χ3n) is 4.79. The molecule has 29 heavy (non-hydrogen) atoms. The number of para-hydroxylation sites is 1. The Morgan fingerprint density at radius 1 is 1.38 bits per heavy atom. The number of carbonyl (C=O) groups is 1. The lowest BCUT2D eigenvalue weighted by molar-refractivity contribution is -0.385. The lowest BCUT2D eigenvalue weighted by Gasteiger charge is -2.23. The number of fused-ring (bicyclic) bond motifs is 1. The number of nitrogens with zero attached hydrogens (tertiary/aromatic N) is 3. The Bertz CT molecular complexity index is 1030. The molecule has 2 aromatic carbocycles. The van der Waals surface area contributed by atoms with Crippen molar-refractivity contribution in [2.45, 2.75) is 18.9 Å². The summed E-state index contributed by atoms with van der Waals surface area (Å²) in [6.45, 7) is 1.01. The van der Waals surface area contributed by atoms with Gasteiger partial charge >= 0.3 is 5.69 Å². The fourth-order valence-electron chi connectivity index (χ4n) is 3.34. The van der Waals surface area contributed by atoms with Gasteiger partial charge in [-0.2, -0.15) is 0 Å². The van der Waals surface area contributed by atoms with Crippen LogP contribution >= 0.6 is 11.3 Å². The monoisotopic (exact) mass is 413 g/mol. The van der Waals surface area contributed by atoms with Gasteiger partial charge in [-0.1, -0.05) is 23.5 Å². The summed E-state index contributed by atoms with van der Waals surface area (Å²) in [5, 5.41) is 11.9. The number of nitro groups is 1. The van der Waals surface area contributed by atoms with Gasteiger partial charge in [0.2, 0.25) is 0 Å². The molecule has 0 radical (unpaired) electrons. The summed E-state index contributed by atoms with van der Waals surface area (Å²) >= 11 is 1.41. The number of rotatable bonds is 6. The van der Waals surface area contributed by atoms with Crippen LogP contribution in [0.4, 0.5) is 10.8 Å². The number of anilines is 1. The van der Waals surface area contributed by atoms with Gasteiger partial charge in [0.15, 0.2) is 10.9 Å². The second kappa shape index (κ2) is 8.14. The van der Waals surface area contributed by atoms with E-state index in [0.29, 0.717) is 18.3 Å². The Balaban J connectivity index is 1.73. The van der Waals surface area contributed by atoms with Crippen molar-refractivity contribution < 1.29 is 19.2 Å². The number of hydrogen-bond acceptors (Lipinski definition) is 7. The normalized spacial score (nSPS) is 16.1. The zero-order valence-electron chi connectivity index (χ0n) is 15.7. The molecule has 1 unspecified atom stereocenters. The summed E-state index contributed by atoms with van der Waals surface area (Å²) in [5.41, 5.74) is 0.757. The third-order valence-corrected chi connectivity index (χ3v) is 5.85. The second-order valence-electron chi connectivity index (χ2n) is 6.66. The molecule has 1 aliphatic heterocycles. The topological polar surface area (TPSA) is 94.8 Å². The van der Waals surface area contributed by atoms with Gasteiger partial charge in [-0.15, -0.1) is 0 Å². The van der Waals surface area contributed by atoms with Gasteiger partial charge in [-0.3, -0.25) is 19.8 Å². The predicted octanol–water partition coefficient (Wildman–Crippen LogP) is 4.04. The number of thiazole rings is 1. The SMILES string of the molecule is COc1ccc(C(=O)N(CC2CCCO2)c2nc3ccccc3s2)cc1[N+](=O)[O-]. The highest BCUT2D eigenvalue weighted by Gasteiger charge is 2.28. The summed E-state index contributed by atoms with van der Waals surface area (Å²) in [5.74, 6) is -0.248. The van der Waals surface area contributed by atoms with E-state index < -0.39 is 4.92 Å². The van der Waals surface area contributed by atoms with Crippen molar-refractivity contribution in [2.24, 2.45) is 0 Å². The number of nitro benzene ring substituents is 1. The van der Waals surface area contributed by atoms with Crippen molar-refractivity contribution in [3.05, 3.63) is 58.1 Å². The quantitative estimate of drug-likeness (QED) is 0.447. The van der Waals surface area contributed by atoms with E-state index in [-0.39, 0.29) is 29.0 Å². The molecule has 150 valence electrons. The minimum Gasteiger partial charge on any atom is -0.490 e. The first-order valence-electron chi connectivity index (χ1n) is 9.18. The third kappa shape index (κ3) is 3.92. The van der Waals surface area contributed by atoms with Gasteiger partial charge in [-0.05, 0) is 37.1 Å². The van der Waals surface area contributed by atoms with Crippen LogP contribution in [-0.2, 0) is 4.74 Å². The van der Waals surface area contributed by atoms with Crippen molar-refractivity contribution in [3.63, 3.8) is 0 Å². The molecular formula is C20H19N3O5S. The van der Waals surface area contributed by atoms with Crippen LogP contribution < -0.4 is 9.64 Å². The van der Waals surface area contributed by atoms with Crippen LogP contribution in [0.1, 0.15) is 23.2 Å². The standard InChI is InChI=1S/C20H19N3O5S/c1-27-17-9-8-13(11-16(17)23(25)26)19(24)22(12-14-5-4-10-28-14)20-21-15-6-2-3-7-18(15)29-20/h2-3,6-9,11,14H,4-5,10,12H2,1H3. The molecular weight excluding hydrogens is 394 g/mol. The molecule has 9 heteroatoms. The van der Waals surface area contributed by atoms with Crippen LogP contribution in [0.2, 0.25) is 0 Å². The van der Waals surface area contributed by atoms with E-state index in [4.69, 9.17) is 9.47 Å². The summed E-state index contributed by atoms with van der Waals surface area (Å²) in [4.78, 5) is 30.3. The first-order valence-corrected chi connectivity index (χ1v) is 10.00. The summed E-state index contributed by atoms with van der Waals surface area (Å²) < 4.78 is 11.7. The van der Waals surface area contributed by atoms with Crippen molar-refractivity contribution >= 4 is 38.3 Å². The number of benzene rings is 2. The van der Waals surface area contributed by atoms with Gasteiger partial charge in [0.25, 0.3) is 5.91 Å². The first kappa shape index (κ1) is 19.3. The van der Waals surface area contributed by atoms with E-state index in [9.17, 15) is 14.9 Å². The lowest BCUT2D eigenvalue weighted by Crippen LogP contribution is -2.37. The smallest absolute Gasteiger partial charge is 0.311 e. The molecule has 1 aromatic heterocycles. The summed E-state index contributed by atoms with van der Waals surface area (Å²) in [6, 6.07) is 11.9. The number of amides is 1. The van der Waals surface area contributed by atoms with Crippen LogP contribution in [0.25, 0.3) is 10.2 Å². The molecule has 8 nitrogen and oxygen atoms in total. The fraction of sp³-hybridized carbons (Fsp3) is 0.300. The van der Waals surface area contributed by atoms with E-state index >= 15 is 0 Å². The Morgan fingerprint density at radius 2 is 2.21 bits per heavy atom. The Kier molecular flexibility index (Phi) is 5.41. The van der Waals surface area contributed by atoms with Crippen molar-refractivity contribution in [1.82, 2.24) is 4.98 Å². The molecule has 0 spiro atoms. The van der Waals surface area contributed by atoms with Crippen molar-refractivity contribution in [3.8, 4) is 5.75 Å². The zero-order chi connectivity index (χ0) is 20.4. The second-order valence-corrected chi connectivity index (χ2v) is 7.67. The number of ether oxygens (including phenoxy) is 2. The minimum absolute atomic E-state index is 0.0841. The van der Waals surface area contributed by atoms with E-state index in [0.717, 1.165) is 23.1 Å². The summed E-state index contributed by atoms with van der Waals surface area (Å²) in [6.07, 6.45) is 1.72. The van der Waals surface area contributed by atoms with Crippen LogP contribution in [0.5, 0.6) is 5.75 Å². The van der Waals surface area contributed by atoms with Gasteiger partial charge in [0, 0.05) is 18.2 Å². The molecule has 3 aromatic rings. The van der Waals surface area contributed by atoms with Crippen molar-refractivity contribution in [1.29, 1.82) is 0 Å². The van der Waals surface area contributed by atoms with E-state index in [1.807, 2.05) is 24.3 Å². The van der Waals surface area contributed by atoms with Gasteiger partial charge in [-0.25, -0.2) is 4.98 Å². The maximum Gasteiger partial charge on any atom is 0.311 e. The highest BCUT2D eigenvalue weighted by atomic mass is 32.1. The lowest BCUT2D eigenvalue weighted by atomic mass is 10.1. The molecule has 0 bridgehead atoms. The van der Waals surface area contributed by atoms with Crippen LogP contribution in [-0.4, -0.2) is 42.2 Å². The molecule has 1 amide bonds. The maximum absolute atomic E-state index is 13.4. The fourth-order valence-corrected chi connectivity index (χ4v) is 4.31. The maximum atomic E-state index is 13.4. The molecule has 2 heterocycles. The Morgan fingerprint density at radius 3 is 2.90 bits per heavy atom. The van der Waals surface area contributed by atoms with Crippen molar-refractivity contribution in [2.75, 3.05) is 25.2 Å². The molecule has 0 N–H and O–H groups in total. The van der Waals surface area contributed by atoms with E-state index in [1.165, 1.54) is 36.6 Å². The molecule has 1 atom stereocenters. The average Bonchev–Trinajstić information content (AvgIpc) is 3.40.